The summed E-state index contributed by atoms with van der Waals surface area (Å²) in [5.74, 6) is 1.38. The number of nitriles is 1. The Kier molecular flexibility index (Phi) is 9.63. The fourth-order valence-electron chi connectivity index (χ4n) is 16.9. The quantitative estimate of drug-likeness (QED) is 0.172. The standard InChI is InChI=1S/C85H49N3O/c86-50-58-47-54(51-17-13-18-52(45-51)55-38-41-63-62-23-3-8-30-70(62)85(75(63)48-55)71-31-9-12-36-78(71)87-76-34-10-4-24-64(76)66-26-16-33-74(85)82(66)87)37-40-59(58)81-44-43-80(89-81)57-20-14-19-53(46-57)56-39-42-72-79(49-56)88-77-35-11-5-25-65(77)67-27-15-32-73(83(67)88)84(72)68-28-6-1-21-60(68)61-22-2-7-29-69(61)84/h1-49H. The topological polar surface area (TPSA) is 46.8 Å². The normalized spacial score (nSPS) is 14.9. The molecule has 16 aromatic rings. The van der Waals surface area contributed by atoms with Gasteiger partial charge in [-0.3, -0.25) is 0 Å². The summed E-state index contributed by atoms with van der Waals surface area (Å²) in [4.78, 5) is 0. The summed E-state index contributed by atoms with van der Waals surface area (Å²) in [5, 5.41) is 15.9. The van der Waals surface area contributed by atoms with Crippen LogP contribution in [0.2, 0.25) is 0 Å². The number of hydrogen-bond donors (Lipinski definition) is 0. The summed E-state index contributed by atoms with van der Waals surface area (Å²) in [6, 6.07) is 112. The van der Waals surface area contributed by atoms with Gasteiger partial charge in [-0.2, -0.15) is 5.26 Å². The maximum Gasteiger partial charge on any atom is 0.136 e. The molecule has 0 saturated carbocycles. The lowest BCUT2D eigenvalue weighted by molar-refractivity contribution is 0.597. The van der Waals surface area contributed by atoms with Crippen LogP contribution in [0.25, 0.3) is 133 Å². The molecule has 0 N–H and O–H groups in total. The Hall–Kier alpha value is -11.8. The Morgan fingerprint density at radius 3 is 1.31 bits per heavy atom. The Balaban J connectivity index is 0.654. The second-order valence-corrected chi connectivity index (χ2v) is 24.5. The van der Waals surface area contributed by atoms with E-state index in [2.05, 4.69) is 288 Å². The second kappa shape index (κ2) is 17.7. The van der Waals surface area contributed by atoms with Crippen molar-refractivity contribution in [3.05, 3.63) is 347 Å². The van der Waals surface area contributed by atoms with Gasteiger partial charge >= 0.3 is 0 Å². The average molecular weight is 1130 g/mol. The van der Waals surface area contributed by atoms with Gasteiger partial charge in [0.25, 0.3) is 0 Å². The van der Waals surface area contributed by atoms with E-state index in [1.54, 1.807) is 0 Å². The first-order valence-electron chi connectivity index (χ1n) is 30.7. The van der Waals surface area contributed by atoms with E-state index >= 15 is 0 Å². The third-order valence-corrected chi connectivity index (χ3v) is 20.4. The molecule has 13 aromatic carbocycles. The average Bonchev–Trinajstić information content (AvgIpc) is 1.55. The van der Waals surface area contributed by atoms with Crippen LogP contribution in [0.4, 0.5) is 0 Å². The van der Waals surface area contributed by atoms with Gasteiger partial charge in [0.1, 0.15) is 11.5 Å². The van der Waals surface area contributed by atoms with Gasteiger partial charge in [0.05, 0.1) is 55.9 Å². The molecule has 0 radical (unpaired) electrons. The van der Waals surface area contributed by atoms with Gasteiger partial charge in [-0.15, -0.1) is 0 Å². The molecule has 89 heavy (non-hydrogen) atoms. The molecule has 0 amide bonds. The fraction of sp³-hybridized carbons (Fsp3) is 0.0235. The van der Waals surface area contributed by atoms with Crippen LogP contribution >= 0.6 is 0 Å². The third kappa shape index (κ3) is 6.20. The maximum absolute atomic E-state index is 10.9. The molecule has 2 spiro atoms. The number of nitrogens with zero attached hydrogens (tertiary/aromatic N) is 3. The van der Waals surface area contributed by atoms with Crippen LogP contribution in [0.5, 0.6) is 0 Å². The molecule has 4 aliphatic rings. The van der Waals surface area contributed by atoms with E-state index in [0.717, 1.165) is 50.3 Å². The first-order valence-corrected chi connectivity index (χ1v) is 30.7. The Labute approximate surface area is 513 Å². The van der Waals surface area contributed by atoms with Gasteiger partial charge in [-0.25, -0.2) is 0 Å². The molecule has 2 aliphatic heterocycles. The van der Waals surface area contributed by atoms with E-state index < -0.39 is 10.8 Å². The van der Waals surface area contributed by atoms with Crippen LogP contribution in [0.1, 0.15) is 50.1 Å². The molecule has 0 fully saturated rings. The minimum absolute atomic E-state index is 0.506. The highest BCUT2D eigenvalue weighted by atomic mass is 16.3. The molecule has 3 aromatic heterocycles. The summed E-state index contributed by atoms with van der Waals surface area (Å²) in [6.45, 7) is 0. The molecule has 4 nitrogen and oxygen atoms in total. The molecule has 2 aliphatic carbocycles. The molecule has 410 valence electrons. The number of furan rings is 1. The highest BCUT2D eigenvalue weighted by Crippen LogP contribution is 2.63. The van der Waals surface area contributed by atoms with Crippen molar-refractivity contribution in [3.8, 4) is 95.7 Å². The van der Waals surface area contributed by atoms with Crippen molar-refractivity contribution in [3.63, 3.8) is 0 Å². The second-order valence-electron chi connectivity index (χ2n) is 24.5. The van der Waals surface area contributed by atoms with Crippen LogP contribution in [0.15, 0.2) is 302 Å². The Bertz CT molecular complexity index is 5810. The summed E-state index contributed by atoms with van der Waals surface area (Å²) in [6.07, 6.45) is 0. The van der Waals surface area contributed by atoms with E-state index in [1.807, 2.05) is 24.3 Å². The molecular weight excluding hydrogens is 1080 g/mol. The van der Waals surface area contributed by atoms with Crippen molar-refractivity contribution < 1.29 is 4.42 Å². The van der Waals surface area contributed by atoms with E-state index in [1.165, 1.54) is 122 Å². The third-order valence-electron chi connectivity index (χ3n) is 20.4. The van der Waals surface area contributed by atoms with Crippen molar-refractivity contribution in [2.45, 2.75) is 10.8 Å². The highest BCUT2D eigenvalue weighted by molar-refractivity contribution is 6.14. The van der Waals surface area contributed by atoms with Crippen molar-refractivity contribution in [2.75, 3.05) is 0 Å². The zero-order valence-electron chi connectivity index (χ0n) is 48.0. The van der Waals surface area contributed by atoms with Gasteiger partial charge in [-0.05, 0) is 167 Å². The minimum atomic E-state index is -0.546. The van der Waals surface area contributed by atoms with Gasteiger partial charge in [0, 0.05) is 32.7 Å². The zero-order chi connectivity index (χ0) is 58.3. The highest BCUT2D eigenvalue weighted by Gasteiger charge is 2.52. The van der Waals surface area contributed by atoms with Crippen LogP contribution in [0.3, 0.4) is 0 Å². The monoisotopic (exact) mass is 1130 g/mol. The van der Waals surface area contributed by atoms with Crippen molar-refractivity contribution in [1.82, 2.24) is 9.13 Å². The van der Waals surface area contributed by atoms with Crippen LogP contribution in [-0.2, 0) is 10.8 Å². The number of hydrogen-bond acceptors (Lipinski definition) is 2. The van der Waals surface area contributed by atoms with Crippen LogP contribution in [0, 0.1) is 11.3 Å². The number of para-hydroxylation sites is 5. The minimum Gasteiger partial charge on any atom is -0.456 e. The summed E-state index contributed by atoms with van der Waals surface area (Å²) < 4.78 is 11.8. The molecule has 0 bridgehead atoms. The van der Waals surface area contributed by atoms with Crippen molar-refractivity contribution >= 4 is 43.6 Å². The van der Waals surface area contributed by atoms with Gasteiger partial charge in [0.15, 0.2) is 0 Å². The summed E-state index contributed by atoms with van der Waals surface area (Å²) in [7, 11) is 0. The molecule has 1 atom stereocenters. The smallest absolute Gasteiger partial charge is 0.136 e. The number of rotatable bonds is 5. The molecule has 4 heteroatoms. The predicted octanol–water partition coefficient (Wildman–Crippen LogP) is 21.0. The van der Waals surface area contributed by atoms with E-state index in [-0.39, 0.29) is 0 Å². The van der Waals surface area contributed by atoms with Crippen molar-refractivity contribution in [1.29, 1.82) is 5.26 Å². The molecular formula is C85H49N3O. The van der Waals surface area contributed by atoms with Gasteiger partial charge < -0.3 is 13.6 Å². The molecule has 0 saturated heterocycles. The fourth-order valence-corrected chi connectivity index (χ4v) is 16.9. The first kappa shape index (κ1) is 48.5. The molecule has 5 heterocycles. The number of benzene rings is 13. The largest absolute Gasteiger partial charge is 0.456 e. The lowest BCUT2D eigenvalue weighted by Crippen LogP contribution is -2.33. The van der Waals surface area contributed by atoms with Crippen LogP contribution in [-0.4, -0.2) is 9.13 Å². The number of aromatic nitrogens is 2. The van der Waals surface area contributed by atoms with Gasteiger partial charge in [-0.1, -0.05) is 231 Å². The predicted molar refractivity (Wildman–Crippen MR) is 361 cm³/mol. The zero-order valence-corrected chi connectivity index (χ0v) is 48.0. The molecule has 20 rings (SSSR count). The lowest BCUT2D eigenvalue weighted by atomic mass is 9.65. The van der Waals surface area contributed by atoms with E-state index in [0.29, 0.717) is 11.3 Å². The SMILES string of the molecule is N#Cc1cc(-c2cccc(-c3ccc4c(c3)C3(c5ccccc5-4)c4ccccc4-n4c5ccccc5c5cccc3c54)c2)ccc1-c1ccc(-c2cccc(-c3ccc4c(c3)-n3c5ccccc5c5cccc(c53)C43c4ccccc4-c4ccccc43)c2)o1. The Morgan fingerprint density at radius 2 is 0.685 bits per heavy atom. The first-order chi connectivity index (χ1) is 44.1. The summed E-state index contributed by atoms with van der Waals surface area (Å²) >= 11 is 0. The van der Waals surface area contributed by atoms with E-state index in [4.69, 9.17) is 4.42 Å². The van der Waals surface area contributed by atoms with Crippen molar-refractivity contribution in [2.24, 2.45) is 0 Å². The Morgan fingerprint density at radius 1 is 0.270 bits per heavy atom. The maximum atomic E-state index is 10.9. The molecule has 1 unspecified atom stereocenters. The van der Waals surface area contributed by atoms with Gasteiger partial charge in [0.2, 0.25) is 0 Å². The van der Waals surface area contributed by atoms with Crippen LogP contribution < -0.4 is 0 Å². The summed E-state index contributed by atoms with van der Waals surface area (Å²) in [5.41, 5.74) is 30.5. The van der Waals surface area contributed by atoms with E-state index in [9.17, 15) is 5.26 Å². The lowest BCUT2D eigenvalue weighted by Gasteiger charge is -2.39. The number of fused-ring (bicyclic) bond motifs is 24.